The largest absolute Gasteiger partial charge is 0.301 e. The van der Waals surface area contributed by atoms with Gasteiger partial charge in [0.15, 0.2) is 0 Å². The van der Waals surface area contributed by atoms with E-state index < -0.39 is 0 Å². The van der Waals surface area contributed by atoms with Crippen LogP contribution in [0, 0.1) is 17.8 Å². The second-order valence-corrected chi connectivity index (χ2v) is 6.77. The Bertz CT molecular complexity index is 271. The summed E-state index contributed by atoms with van der Waals surface area (Å²) in [5, 5.41) is 0. The van der Waals surface area contributed by atoms with Crippen molar-refractivity contribution in [2.75, 3.05) is 52.4 Å². The average molecular weight is 251 g/mol. The van der Waals surface area contributed by atoms with Gasteiger partial charge < -0.3 is 14.7 Å². The molecule has 1 saturated carbocycles. The van der Waals surface area contributed by atoms with E-state index in [1.807, 2.05) is 0 Å². The van der Waals surface area contributed by atoms with Crippen molar-refractivity contribution in [1.82, 2.24) is 14.7 Å². The van der Waals surface area contributed by atoms with Gasteiger partial charge in [0.05, 0.1) is 0 Å². The first kappa shape index (κ1) is 12.9. The quantitative estimate of drug-likeness (QED) is 0.744. The molecule has 0 aromatic carbocycles. The van der Waals surface area contributed by atoms with Crippen LogP contribution in [0.15, 0.2) is 0 Å². The Balaban J connectivity index is 1.40. The lowest BCUT2D eigenvalue weighted by molar-refractivity contribution is 0.124. The minimum absolute atomic E-state index is 0.756. The highest BCUT2D eigenvalue weighted by atomic mass is 15.3. The monoisotopic (exact) mass is 251 g/mol. The van der Waals surface area contributed by atoms with Crippen LogP contribution in [0.5, 0.6) is 0 Å². The first-order valence-corrected chi connectivity index (χ1v) is 7.87. The van der Waals surface area contributed by atoms with Crippen LogP contribution in [0.25, 0.3) is 0 Å². The molecule has 3 atom stereocenters. The van der Waals surface area contributed by atoms with Crippen molar-refractivity contribution in [2.45, 2.75) is 26.8 Å². The predicted octanol–water partition coefficient (Wildman–Crippen LogP) is 1.21. The highest BCUT2D eigenvalue weighted by Gasteiger charge is 2.55. The van der Waals surface area contributed by atoms with Crippen LogP contribution in [-0.2, 0) is 0 Å². The SMILES string of the molecule is CCN1CCN(CC2C3CN(C(C)C)C[C@H]23)CC1. The van der Waals surface area contributed by atoms with Gasteiger partial charge in [0.25, 0.3) is 0 Å². The maximum atomic E-state index is 2.72. The van der Waals surface area contributed by atoms with Gasteiger partial charge in [-0.3, -0.25) is 0 Å². The summed E-state index contributed by atoms with van der Waals surface area (Å²) >= 11 is 0. The topological polar surface area (TPSA) is 9.72 Å². The molecule has 0 amide bonds. The highest BCUT2D eigenvalue weighted by Crippen LogP contribution is 2.52. The molecule has 3 fully saturated rings. The van der Waals surface area contributed by atoms with E-state index in [1.165, 1.54) is 52.4 Å². The Kier molecular flexibility index (Phi) is 3.65. The van der Waals surface area contributed by atoms with E-state index in [0.717, 1.165) is 23.8 Å². The van der Waals surface area contributed by atoms with Gasteiger partial charge in [-0.15, -0.1) is 0 Å². The summed E-state index contributed by atoms with van der Waals surface area (Å²) in [5.74, 6) is 3.11. The molecule has 3 rings (SSSR count). The molecule has 3 nitrogen and oxygen atoms in total. The third-order valence-electron chi connectivity index (χ3n) is 5.51. The van der Waals surface area contributed by atoms with Gasteiger partial charge in [0, 0.05) is 51.9 Å². The third kappa shape index (κ3) is 2.45. The molecule has 3 heteroatoms. The summed E-state index contributed by atoms with van der Waals surface area (Å²) in [5.41, 5.74) is 0. The van der Waals surface area contributed by atoms with Crippen molar-refractivity contribution in [3.63, 3.8) is 0 Å². The van der Waals surface area contributed by atoms with E-state index in [-0.39, 0.29) is 0 Å². The summed E-state index contributed by atoms with van der Waals surface area (Å²) in [4.78, 5) is 7.96. The fourth-order valence-electron chi connectivity index (χ4n) is 3.96. The minimum atomic E-state index is 0.756. The number of piperazine rings is 1. The number of fused-ring (bicyclic) bond motifs is 1. The van der Waals surface area contributed by atoms with Crippen molar-refractivity contribution in [1.29, 1.82) is 0 Å². The smallest absolute Gasteiger partial charge is 0.0110 e. The Morgan fingerprint density at radius 2 is 1.50 bits per heavy atom. The van der Waals surface area contributed by atoms with Crippen LogP contribution in [-0.4, -0.2) is 73.1 Å². The Hall–Kier alpha value is -0.120. The summed E-state index contributed by atoms with van der Waals surface area (Å²) in [6.07, 6.45) is 0. The standard InChI is InChI=1S/C15H29N3/c1-4-16-5-7-17(8-6-16)9-13-14-10-18(12(2)3)11-15(13)14/h12-15H,4-11H2,1-3H3/t13?,14-,15?/m1/s1. The summed E-state index contributed by atoms with van der Waals surface area (Å²) in [6, 6.07) is 0.756. The van der Waals surface area contributed by atoms with Gasteiger partial charge >= 0.3 is 0 Å². The molecule has 3 aliphatic rings. The maximum Gasteiger partial charge on any atom is 0.0110 e. The number of nitrogens with zero attached hydrogens (tertiary/aromatic N) is 3. The lowest BCUT2D eigenvalue weighted by Gasteiger charge is -2.34. The first-order chi connectivity index (χ1) is 8.69. The zero-order valence-electron chi connectivity index (χ0n) is 12.3. The van der Waals surface area contributed by atoms with E-state index in [4.69, 9.17) is 0 Å². The van der Waals surface area contributed by atoms with Gasteiger partial charge in [-0.2, -0.15) is 0 Å². The molecule has 0 aromatic rings. The van der Waals surface area contributed by atoms with Crippen LogP contribution in [0.4, 0.5) is 0 Å². The molecule has 0 spiro atoms. The molecule has 0 radical (unpaired) electrons. The van der Waals surface area contributed by atoms with Gasteiger partial charge in [-0.05, 0) is 38.1 Å². The van der Waals surface area contributed by atoms with Crippen molar-refractivity contribution in [3.8, 4) is 0 Å². The molecule has 0 aromatic heterocycles. The molecule has 1 aliphatic carbocycles. The molecule has 104 valence electrons. The summed E-state index contributed by atoms with van der Waals surface area (Å²) in [7, 11) is 0. The molecule has 2 heterocycles. The van der Waals surface area contributed by atoms with Gasteiger partial charge in [-0.1, -0.05) is 6.92 Å². The van der Waals surface area contributed by atoms with Gasteiger partial charge in [0.2, 0.25) is 0 Å². The number of piperidine rings is 1. The van der Waals surface area contributed by atoms with Crippen LogP contribution >= 0.6 is 0 Å². The van der Waals surface area contributed by atoms with Crippen molar-refractivity contribution >= 4 is 0 Å². The average Bonchev–Trinajstić information content (AvgIpc) is 2.84. The molecule has 18 heavy (non-hydrogen) atoms. The predicted molar refractivity (Wildman–Crippen MR) is 75.7 cm³/mol. The normalized spacial score (nSPS) is 38.3. The molecule has 2 saturated heterocycles. The van der Waals surface area contributed by atoms with E-state index >= 15 is 0 Å². The van der Waals surface area contributed by atoms with Crippen LogP contribution in [0.2, 0.25) is 0 Å². The fraction of sp³-hybridized carbons (Fsp3) is 1.00. The number of rotatable bonds is 4. The second-order valence-electron chi connectivity index (χ2n) is 6.77. The summed E-state index contributed by atoms with van der Waals surface area (Å²) in [6.45, 7) is 17.5. The van der Waals surface area contributed by atoms with Crippen molar-refractivity contribution in [3.05, 3.63) is 0 Å². The van der Waals surface area contributed by atoms with Crippen LogP contribution in [0.1, 0.15) is 20.8 Å². The number of hydrogen-bond donors (Lipinski definition) is 0. The van der Waals surface area contributed by atoms with Crippen LogP contribution < -0.4 is 0 Å². The Morgan fingerprint density at radius 1 is 0.944 bits per heavy atom. The van der Waals surface area contributed by atoms with Gasteiger partial charge in [0.1, 0.15) is 0 Å². The zero-order chi connectivity index (χ0) is 12.7. The number of likely N-dealkylation sites (tertiary alicyclic amines) is 1. The molecule has 2 unspecified atom stereocenters. The Labute approximate surface area is 112 Å². The highest BCUT2D eigenvalue weighted by molar-refractivity contribution is 5.06. The van der Waals surface area contributed by atoms with E-state index in [9.17, 15) is 0 Å². The maximum absolute atomic E-state index is 2.72. The van der Waals surface area contributed by atoms with Crippen molar-refractivity contribution in [2.24, 2.45) is 17.8 Å². The number of hydrogen-bond acceptors (Lipinski definition) is 3. The van der Waals surface area contributed by atoms with Gasteiger partial charge in [-0.25, -0.2) is 0 Å². The van der Waals surface area contributed by atoms with E-state index in [1.54, 1.807) is 0 Å². The lowest BCUT2D eigenvalue weighted by Crippen LogP contribution is -2.47. The zero-order valence-corrected chi connectivity index (χ0v) is 12.3. The van der Waals surface area contributed by atoms with E-state index in [0.29, 0.717) is 0 Å². The third-order valence-corrected chi connectivity index (χ3v) is 5.51. The summed E-state index contributed by atoms with van der Waals surface area (Å²) < 4.78 is 0. The minimum Gasteiger partial charge on any atom is -0.301 e. The van der Waals surface area contributed by atoms with Crippen LogP contribution in [0.3, 0.4) is 0 Å². The van der Waals surface area contributed by atoms with E-state index in [2.05, 4.69) is 35.5 Å². The molecule has 0 bridgehead atoms. The second kappa shape index (κ2) is 5.10. The fourth-order valence-corrected chi connectivity index (χ4v) is 3.96. The first-order valence-electron chi connectivity index (χ1n) is 7.87. The lowest BCUT2D eigenvalue weighted by atomic mass is 10.2. The Morgan fingerprint density at radius 3 is 2.00 bits per heavy atom. The molecule has 2 aliphatic heterocycles. The number of likely N-dealkylation sites (N-methyl/N-ethyl adjacent to an activating group) is 1. The molecular weight excluding hydrogens is 222 g/mol. The van der Waals surface area contributed by atoms with Crippen molar-refractivity contribution < 1.29 is 0 Å². The molecular formula is C15H29N3. The molecule has 0 N–H and O–H groups in total.